The van der Waals surface area contributed by atoms with Gasteiger partial charge in [-0.25, -0.2) is 10.2 Å². The van der Waals surface area contributed by atoms with E-state index in [1.54, 1.807) is 6.92 Å². The Kier molecular flexibility index (Phi) is 4.33. The minimum absolute atomic E-state index is 0.162. The molecule has 9 heteroatoms. The molecule has 2 amide bonds. The number of carbonyl (C=O) groups excluding carboxylic acids is 2. The van der Waals surface area contributed by atoms with Gasteiger partial charge in [-0.15, -0.1) is 0 Å². The molecule has 4 N–H and O–H groups in total. The smallest absolute Gasteiger partial charge is 0.426 e. The Morgan fingerprint density at radius 3 is 2.76 bits per heavy atom. The van der Waals surface area contributed by atoms with Crippen LogP contribution in [0.4, 0.5) is 4.79 Å². The second kappa shape index (κ2) is 6.18. The number of nitrogens with one attached hydrogen (secondary N) is 4. The van der Waals surface area contributed by atoms with Crippen LogP contribution in [-0.4, -0.2) is 28.6 Å². The minimum Gasteiger partial charge on any atom is -0.449 e. The van der Waals surface area contributed by atoms with E-state index in [2.05, 4.69) is 25.6 Å². The van der Waals surface area contributed by atoms with E-state index >= 15 is 0 Å². The lowest BCUT2D eigenvalue weighted by atomic mass is 10.1. The predicted molar refractivity (Wildman–Crippen MR) is 77.4 cm³/mol. The molecule has 21 heavy (non-hydrogen) atoms. The maximum atomic E-state index is 11.9. The fourth-order valence-corrected chi connectivity index (χ4v) is 1.86. The molecule has 0 fully saturated rings. The molecule has 1 aromatic heterocycles. The molecule has 110 valence electrons. The third kappa shape index (κ3) is 3.45. The molecule has 2 rings (SSSR count). The lowest BCUT2D eigenvalue weighted by Gasteiger charge is -2.07. The summed E-state index contributed by atoms with van der Waals surface area (Å²) in [6.45, 7) is 1.83. The van der Waals surface area contributed by atoms with Gasteiger partial charge >= 0.3 is 6.09 Å². The van der Waals surface area contributed by atoms with Crippen LogP contribution in [0.1, 0.15) is 17.3 Å². The van der Waals surface area contributed by atoms with Gasteiger partial charge in [0, 0.05) is 5.56 Å². The van der Waals surface area contributed by atoms with Crippen molar-refractivity contribution < 1.29 is 14.3 Å². The van der Waals surface area contributed by atoms with E-state index in [9.17, 15) is 14.4 Å². The summed E-state index contributed by atoms with van der Waals surface area (Å²) in [7, 11) is 0. The normalized spacial score (nSPS) is 10.1. The number of benzene rings is 1. The lowest BCUT2D eigenvalue weighted by molar-refractivity contribution is 0.0913. The zero-order valence-electron chi connectivity index (χ0n) is 11.0. The first-order chi connectivity index (χ1) is 10.0. The van der Waals surface area contributed by atoms with Crippen LogP contribution < -0.4 is 16.4 Å². The summed E-state index contributed by atoms with van der Waals surface area (Å²) in [6, 6.07) is 4.40. The first-order valence-electron chi connectivity index (χ1n) is 6.00. The number of ether oxygens (including phenoxy) is 1. The van der Waals surface area contributed by atoms with E-state index in [1.807, 2.05) is 0 Å². The summed E-state index contributed by atoms with van der Waals surface area (Å²) < 4.78 is 4.76. The first kappa shape index (κ1) is 14.7. The first-order valence-corrected chi connectivity index (χ1v) is 6.41. The highest BCUT2D eigenvalue weighted by Gasteiger charge is 2.09. The summed E-state index contributed by atoms with van der Waals surface area (Å²) in [6.07, 6.45) is -0.762. The molecule has 8 nitrogen and oxygen atoms in total. The molecule has 0 spiro atoms. The number of rotatable bonds is 2. The molecule has 0 bridgehead atoms. The number of aromatic nitrogens is 2. The zero-order valence-corrected chi connectivity index (χ0v) is 11.8. The number of fused-ring (bicyclic) bond motifs is 1. The quantitative estimate of drug-likeness (QED) is 0.487. The number of hydrazine groups is 1. The molecule has 0 aliphatic rings. The monoisotopic (exact) mass is 308 g/mol. The maximum absolute atomic E-state index is 11.9. The van der Waals surface area contributed by atoms with Crippen LogP contribution in [-0.2, 0) is 4.74 Å². The van der Waals surface area contributed by atoms with E-state index in [1.165, 1.54) is 18.2 Å². The molecule has 1 aromatic carbocycles. The van der Waals surface area contributed by atoms with E-state index < -0.39 is 12.0 Å². The van der Waals surface area contributed by atoms with Crippen molar-refractivity contribution in [3.05, 3.63) is 38.9 Å². The molecule has 2 aromatic rings. The second-order valence-electron chi connectivity index (χ2n) is 3.97. The van der Waals surface area contributed by atoms with Gasteiger partial charge in [-0.05, 0) is 37.3 Å². The summed E-state index contributed by atoms with van der Waals surface area (Å²) in [5, 5.41) is 0.374. The van der Waals surface area contributed by atoms with Crippen molar-refractivity contribution in [2.24, 2.45) is 0 Å². The van der Waals surface area contributed by atoms with Crippen LogP contribution in [0.3, 0.4) is 0 Å². The highest BCUT2D eigenvalue weighted by atomic mass is 32.1. The molecule has 0 aliphatic carbocycles. The van der Waals surface area contributed by atoms with Gasteiger partial charge < -0.3 is 9.72 Å². The Morgan fingerprint density at radius 2 is 2.05 bits per heavy atom. The number of hydrogen-bond acceptors (Lipinski definition) is 5. The predicted octanol–water partition coefficient (Wildman–Crippen LogP) is 0.977. The second-order valence-corrected chi connectivity index (χ2v) is 4.38. The molecule has 0 atom stereocenters. The number of amides is 2. The third-order valence-corrected chi connectivity index (χ3v) is 2.76. The van der Waals surface area contributed by atoms with Crippen molar-refractivity contribution in [3.63, 3.8) is 0 Å². The summed E-state index contributed by atoms with van der Waals surface area (Å²) in [5.74, 6) is -0.551. The Balaban J connectivity index is 2.23. The fourth-order valence-electron chi connectivity index (χ4n) is 1.66. The van der Waals surface area contributed by atoms with Gasteiger partial charge in [-0.2, -0.15) is 0 Å². The Hall–Kier alpha value is -2.68. The van der Waals surface area contributed by atoms with Gasteiger partial charge in [0.1, 0.15) is 0 Å². The van der Waals surface area contributed by atoms with Gasteiger partial charge in [-0.3, -0.25) is 20.0 Å². The minimum atomic E-state index is -0.762. The molecule has 0 radical (unpaired) electrons. The van der Waals surface area contributed by atoms with Crippen LogP contribution in [0, 0.1) is 4.77 Å². The molecular weight excluding hydrogens is 296 g/mol. The topological polar surface area (TPSA) is 116 Å². The molecule has 0 saturated heterocycles. The Bertz CT molecular complexity index is 811. The molecule has 0 aliphatic heterocycles. The van der Waals surface area contributed by atoms with Crippen molar-refractivity contribution in [1.29, 1.82) is 0 Å². The number of carbonyl (C=O) groups is 2. The van der Waals surface area contributed by atoms with Gasteiger partial charge in [-0.1, -0.05) is 0 Å². The van der Waals surface area contributed by atoms with Crippen molar-refractivity contribution in [2.45, 2.75) is 6.92 Å². The molecule has 0 saturated carbocycles. The highest BCUT2D eigenvalue weighted by molar-refractivity contribution is 7.71. The third-order valence-electron chi connectivity index (χ3n) is 2.56. The van der Waals surface area contributed by atoms with Gasteiger partial charge in [0.15, 0.2) is 4.77 Å². The van der Waals surface area contributed by atoms with Gasteiger partial charge in [0.05, 0.1) is 17.5 Å². The average molecular weight is 308 g/mol. The van der Waals surface area contributed by atoms with Crippen molar-refractivity contribution in [2.75, 3.05) is 6.61 Å². The Morgan fingerprint density at radius 1 is 1.29 bits per heavy atom. The highest BCUT2D eigenvalue weighted by Crippen LogP contribution is 2.09. The molecule has 0 unspecified atom stereocenters. The van der Waals surface area contributed by atoms with Crippen molar-refractivity contribution >= 4 is 35.1 Å². The van der Waals surface area contributed by atoms with E-state index in [0.29, 0.717) is 10.9 Å². The lowest BCUT2D eigenvalue weighted by Crippen LogP contribution is -2.41. The van der Waals surface area contributed by atoms with E-state index in [-0.39, 0.29) is 22.5 Å². The number of aromatic amines is 2. The van der Waals surface area contributed by atoms with Gasteiger partial charge in [0.2, 0.25) is 0 Å². The zero-order chi connectivity index (χ0) is 15.4. The van der Waals surface area contributed by atoms with E-state index in [0.717, 1.165) is 0 Å². The van der Waals surface area contributed by atoms with Gasteiger partial charge in [0.25, 0.3) is 11.5 Å². The maximum Gasteiger partial charge on any atom is 0.426 e. The van der Waals surface area contributed by atoms with Crippen molar-refractivity contribution in [1.82, 2.24) is 20.8 Å². The van der Waals surface area contributed by atoms with Crippen LogP contribution in [0.5, 0.6) is 0 Å². The fraction of sp³-hybridized carbons (Fsp3) is 0.167. The standard InChI is InChI=1S/C12H12N4O4S/c1-2-20-12(19)16-15-9(17)6-3-4-7-8(5-6)13-11(21)14-10(7)18/h3-5H,2H2,1H3,(H,15,17)(H,16,19)(H2,13,14,18,21). The molecular formula is C12H12N4O4S. The SMILES string of the molecule is CCOC(=O)NNC(=O)c1ccc2c(=O)[nH]c(=S)[nH]c2c1. The van der Waals surface area contributed by atoms with Crippen LogP contribution >= 0.6 is 12.2 Å². The number of hydrogen-bond donors (Lipinski definition) is 4. The summed E-state index contributed by atoms with van der Waals surface area (Å²) in [5.41, 5.74) is 4.61. The van der Waals surface area contributed by atoms with E-state index in [4.69, 9.17) is 12.2 Å². The summed E-state index contributed by atoms with van der Waals surface area (Å²) in [4.78, 5) is 39.8. The van der Waals surface area contributed by atoms with Crippen LogP contribution in [0.25, 0.3) is 10.9 Å². The molecule has 1 heterocycles. The number of H-pyrrole nitrogens is 2. The largest absolute Gasteiger partial charge is 0.449 e. The van der Waals surface area contributed by atoms with Crippen molar-refractivity contribution in [3.8, 4) is 0 Å². The van der Waals surface area contributed by atoms with Crippen LogP contribution in [0.15, 0.2) is 23.0 Å². The van der Waals surface area contributed by atoms with Crippen LogP contribution in [0.2, 0.25) is 0 Å². The average Bonchev–Trinajstić information content (AvgIpc) is 2.44. The Labute approximate surface area is 123 Å². The summed E-state index contributed by atoms with van der Waals surface area (Å²) >= 11 is 4.87.